The number of carbonyl (C=O) groups excluding carboxylic acids is 3. The molecule has 1 unspecified atom stereocenters. The summed E-state index contributed by atoms with van der Waals surface area (Å²) < 4.78 is 0. The lowest BCUT2D eigenvalue weighted by Gasteiger charge is -2.57. The van der Waals surface area contributed by atoms with Gasteiger partial charge in [0, 0.05) is 18.5 Å². The van der Waals surface area contributed by atoms with Crippen molar-refractivity contribution in [3.05, 3.63) is 34.9 Å². The quantitative estimate of drug-likeness (QED) is 0.805. The summed E-state index contributed by atoms with van der Waals surface area (Å²) in [5.41, 5.74) is 3.55. The molecule has 0 radical (unpaired) electrons. The van der Waals surface area contributed by atoms with Crippen molar-refractivity contribution in [2.24, 2.45) is 17.8 Å². The van der Waals surface area contributed by atoms with Gasteiger partial charge in [-0.1, -0.05) is 12.1 Å². The van der Waals surface area contributed by atoms with Gasteiger partial charge in [0.1, 0.15) is 6.04 Å². The maximum absolute atomic E-state index is 13.2. The molecule has 0 aromatic heterocycles. The third-order valence-electron chi connectivity index (χ3n) is 8.19. The van der Waals surface area contributed by atoms with Crippen LogP contribution in [0.4, 0.5) is 0 Å². The number of benzene rings is 1. The Hall–Kier alpha value is -2.17. The average molecular weight is 378 g/mol. The van der Waals surface area contributed by atoms with Crippen LogP contribution in [0.1, 0.15) is 72.9 Å². The van der Waals surface area contributed by atoms with Crippen molar-refractivity contribution in [1.82, 2.24) is 10.2 Å². The van der Waals surface area contributed by atoms with Gasteiger partial charge in [0.25, 0.3) is 5.91 Å². The maximum atomic E-state index is 13.2. The van der Waals surface area contributed by atoms with E-state index in [1.54, 1.807) is 4.90 Å². The third kappa shape index (κ3) is 2.28. The molecule has 1 aromatic rings. The molecule has 28 heavy (non-hydrogen) atoms. The van der Waals surface area contributed by atoms with E-state index in [-0.39, 0.29) is 23.1 Å². The van der Waals surface area contributed by atoms with Crippen LogP contribution in [0, 0.1) is 17.8 Å². The highest BCUT2D eigenvalue weighted by Gasteiger charge is 2.53. The maximum Gasteiger partial charge on any atom is 0.255 e. The van der Waals surface area contributed by atoms with E-state index in [2.05, 4.69) is 11.4 Å². The van der Waals surface area contributed by atoms with Crippen LogP contribution in [-0.2, 0) is 21.5 Å². The molecule has 0 spiro atoms. The molecule has 7 rings (SSSR count). The van der Waals surface area contributed by atoms with E-state index in [9.17, 15) is 14.4 Å². The van der Waals surface area contributed by atoms with E-state index in [1.165, 1.54) is 44.1 Å². The first-order valence-electron chi connectivity index (χ1n) is 10.8. The molecule has 146 valence electrons. The summed E-state index contributed by atoms with van der Waals surface area (Å²) in [5, 5.41) is 2.40. The highest BCUT2D eigenvalue weighted by molar-refractivity contribution is 6.05. The van der Waals surface area contributed by atoms with Crippen molar-refractivity contribution in [3.63, 3.8) is 0 Å². The minimum atomic E-state index is -0.526. The fourth-order valence-electron chi connectivity index (χ4n) is 7.52. The summed E-state index contributed by atoms with van der Waals surface area (Å²) >= 11 is 0. The predicted octanol–water partition coefficient (Wildman–Crippen LogP) is 2.92. The second kappa shape index (κ2) is 5.68. The van der Waals surface area contributed by atoms with Gasteiger partial charge in [-0.3, -0.25) is 19.7 Å². The minimum Gasteiger partial charge on any atom is -0.322 e. The Labute approximate surface area is 164 Å². The Morgan fingerprint density at radius 2 is 1.64 bits per heavy atom. The number of fused-ring (bicyclic) bond motifs is 1. The Bertz CT molecular complexity index is 870. The standard InChI is InChI=1S/C23H26N2O3/c26-20-5-4-19(21(27)24-20)25-12-17-16(22(25)28)2-1-3-18(17)23-9-13-6-14(10-23)8-15(7-13)11-23/h1-3,13-15,19H,4-12H2,(H,24,26,27). The van der Waals surface area contributed by atoms with Gasteiger partial charge in [-0.05, 0) is 85.3 Å². The molecule has 1 saturated heterocycles. The van der Waals surface area contributed by atoms with E-state index >= 15 is 0 Å². The zero-order valence-corrected chi connectivity index (χ0v) is 16.1. The largest absolute Gasteiger partial charge is 0.322 e. The zero-order valence-electron chi connectivity index (χ0n) is 16.1. The van der Waals surface area contributed by atoms with E-state index in [4.69, 9.17) is 0 Å². The van der Waals surface area contributed by atoms with Gasteiger partial charge in [-0.15, -0.1) is 0 Å². The SMILES string of the molecule is O=C1CCC(N2Cc3c(cccc3C34CC5CC(CC(C5)C3)C4)C2=O)C(=O)N1. The smallest absolute Gasteiger partial charge is 0.255 e. The number of hydrogen-bond acceptors (Lipinski definition) is 3. The summed E-state index contributed by atoms with van der Waals surface area (Å²) in [6, 6.07) is 5.70. The van der Waals surface area contributed by atoms with Gasteiger partial charge in [0.2, 0.25) is 11.8 Å². The topological polar surface area (TPSA) is 66.5 Å². The molecule has 5 heteroatoms. The van der Waals surface area contributed by atoms with Gasteiger partial charge >= 0.3 is 0 Å². The zero-order chi connectivity index (χ0) is 19.0. The van der Waals surface area contributed by atoms with Crippen molar-refractivity contribution < 1.29 is 14.4 Å². The van der Waals surface area contributed by atoms with Crippen LogP contribution in [-0.4, -0.2) is 28.7 Å². The van der Waals surface area contributed by atoms with Crippen LogP contribution >= 0.6 is 0 Å². The molecule has 4 saturated carbocycles. The molecule has 5 fully saturated rings. The molecule has 2 aliphatic heterocycles. The average Bonchev–Trinajstić information content (AvgIpc) is 2.97. The number of nitrogens with zero attached hydrogens (tertiary/aromatic N) is 1. The Balaban J connectivity index is 1.37. The molecule has 3 amide bonds. The van der Waals surface area contributed by atoms with Crippen molar-refractivity contribution in [3.8, 4) is 0 Å². The van der Waals surface area contributed by atoms with E-state index in [1.807, 2.05) is 12.1 Å². The van der Waals surface area contributed by atoms with E-state index < -0.39 is 6.04 Å². The molecule has 5 nitrogen and oxygen atoms in total. The lowest BCUT2D eigenvalue weighted by atomic mass is 9.47. The fraction of sp³-hybridized carbons (Fsp3) is 0.609. The molecule has 4 bridgehead atoms. The summed E-state index contributed by atoms with van der Waals surface area (Å²) in [5.74, 6) is 1.95. The van der Waals surface area contributed by atoms with Crippen molar-refractivity contribution in [1.29, 1.82) is 0 Å². The minimum absolute atomic E-state index is 0.0453. The van der Waals surface area contributed by atoms with Crippen LogP contribution in [0.25, 0.3) is 0 Å². The first-order chi connectivity index (χ1) is 13.5. The van der Waals surface area contributed by atoms with Crippen molar-refractivity contribution >= 4 is 17.7 Å². The lowest BCUT2D eigenvalue weighted by Crippen LogP contribution is -2.52. The first kappa shape index (κ1) is 16.8. The third-order valence-corrected chi connectivity index (χ3v) is 8.19. The number of rotatable bonds is 2. The summed E-state index contributed by atoms with van der Waals surface area (Å²) in [7, 11) is 0. The molecule has 4 aliphatic carbocycles. The van der Waals surface area contributed by atoms with Crippen LogP contribution < -0.4 is 5.32 Å². The second-order valence-electron chi connectivity index (χ2n) is 9.93. The number of imide groups is 1. The number of piperidine rings is 1. The number of nitrogens with one attached hydrogen (secondary N) is 1. The van der Waals surface area contributed by atoms with Crippen LogP contribution in [0.5, 0.6) is 0 Å². The van der Waals surface area contributed by atoms with Gasteiger partial charge in [0.15, 0.2) is 0 Å². The summed E-state index contributed by atoms with van der Waals surface area (Å²) in [6.45, 7) is 0.512. The number of amides is 3. The van der Waals surface area contributed by atoms with E-state index in [0.29, 0.717) is 19.4 Å². The van der Waals surface area contributed by atoms with Crippen LogP contribution in [0.15, 0.2) is 18.2 Å². The summed E-state index contributed by atoms with van der Waals surface area (Å²) in [6.07, 6.45) is 8.72. The second-order valence-corrected chi connectivity index (χ2v) is 9.93. The monoisotopic (exact) mass is 378 g/mol. The Morgan fingerprint density at radius 3 is 2.29 bits per heavy atom. The molecule has 1 N–H and O–H groups in total. The van der Waals surface area contributed by atoms with Gasteiger partial charge in [-0.2, -0.15) is 0 Å². The summed E-state index contributed by atoms with van der Waals surface area (Å²) in [4.78, 5) is 38.7. The van der Waals surface area contributed by atoms with Crippen molar-refractivity contribution in [2.45, 2.75) is 69.4 Å². The van der Waals surface area contributed by atoms with Gasteiger partial charge in [0.05, 0.1) is 0 Å². The van der Waals surface area contributed by atoms with Crippen LogP contribution in [0.2, 0.25) is 0 Å². The highest BCUT2D eigenvalue weighted by Crippen LogP contribution is 2.61. The molecule has 1 atom stereocenters. The van der Waals surface area contributed by atoms with Crippen molar-refractivity contribution in [2.75, 3.05) is 0 Å². The number of carbonyl (C=O) groups is 3. The van der Waals surface area contributed by atoms with Gasteiger partial charge < -0.3 is 4.90 Å². The first-order valence-corrected chi connectivity index (χ1v) is 10.8. The molecule has 2 heterocycles. The van der Waals surface area contributed by atoms with E-state index in [0.717, 1.165) is 28.9 Å². The number of hydrogen-bond donors (Lipinski definition) is 1. The molecular weight excluding hydrogens is 352 g/mol. The fourth-order valence-corrected chi connectivity index (χ4v) is 7.52. The van der Waals surface area contributed by atoms with Crippen LogP contribution in [0.3, 0.4) is 0 Å². The Kier molecular flexibility index (Phi) is 3.40. The molecule has 1 aromatic carbocycles. The molecule has 6 aliphatic rings. The predicted molar refractivity (Wildman–Crippen MR) is 102 cm³/mol. The Morgan fingerprint density at radius 1 is 0.964 bits per heavy atom. The normalized spacial score (nSPS) is 38.7. The van der Waals surface area contributed by atoms with Gasteiger partial charge in [-0.25, -0.2) is 0 Å². The lowest BCUT2D eigenvalue weighted by molar-refractivity contribution is -0.136. The highest BCUT2D eigenvalue weighted by atomic mass is 16.2. The molecular formula is C23H26N2O3.